The van der Waals surface area contributed by atoms with Gasteiger partial charge in [0.1, 0.15) is 0 Å². The molecule has 0 bridgehead atoms. The van der Waals surface area contributed by atoms with Crippen molar-refractivity contribution in [2.45, 2.75) is 19.9 Å². The number of likely N-dealkylation sites (tertiary alicyclic amines) is 1. The fourth-order valence-electron chi connectivity index (χ4n) is 2.93. The number of aliphatic hydroxyl groups excluding tert-OH is 1. The molecule has 1 aromatic rings. The molecule has 0 aliphatic carbocycles. The van der Waals surface area contributed by atoms with Crippen LogP contribution in [-0.4, -0.2) is 54.2 Å². The molecular formula is C16H26N2O. The second-order valence-electron chi connectivity index (χ2n) is 5.49. The van der Waals surface area contributed by atoms with E-state index >= 15 is 0 Å². The van der Waals surface area contributed by atoms with Gasteiger partial charge in [0.15, 0.2) is 0 Å². The lowest BCUT2D eigenvalue weighted by molar-refractivity contribution is 0.180. The summed E-state index contributed by atoms with van der Waals surface area (Å²) >= 11 is 0. The molecular weight excluding hydrogens is 236 g/mol. The van der Waals surface area contributed by atoms with Crippen LogP contribution in [0, 0.1) is 5.92 Å². The maximum absolute atomic E-state index is 9.04. The molecule has 1 fully saturated rings. The van der Waals surface area contributed by atoms with E-state index in [0.29, 0.717) is 0 Å². The number of rotatable bonds is 7. The van der Waals surface area contributed by atoms with Crippen molar-refractivity contribution in [3.8, 4) is 0 Å². The Labute approximate surface area is 116 Å². The van der Waals surface area contributed by atoms with E-state index in [1.165, 1.54) is 25.1 Å². The molecule has 2 rings (SSSR count). The van der Waals surface area contributed by atoms with Gasteiger partial charge in [-0.1, -0.05) is 37.3 Å². The standard InChI is InChI=1S/C16H26N2O/c1-2-17(10-11-19)13-16-8-9-18(14-16)12-15-6-4-3-5-7-15/h3-7,16,19H,2,8-14H2,1H3/t16-/m1/s1. The number of benzene rings is 1. The molecule has 0 unspecified atom stereocenters. The van der Waals surface area contributed by atoms with Crippen LogP contribution in [0.2, 0.25) is 0 Å². The maximum atomic E-state index is 9.04. The molecule has 1 aliphatic heterocycles. The predicted octanol–water partition coefficient (Wildman–Crippen LogP) is 1.82. The lowest BCUT2D eigenvalue weighted by atomic mass is 10.1. The van der Waals surface area contributed by atoms with Crippen molar-refractivity contribution in [1.82, 2.24) is 9.80 Å². The minimum Gasteiger partial charge on any atom is -0.395 e. The molecule has 1 aliphatic rings. The molecule has 19 heavy (non-hydrogen) atoms. The van der Waals surface area contributed by atoms with Crippen molar-refractivity contribution in [2.75, 3.05) is 39.3 Å². The van der Waals surface area contributed by atoms with Gasteiger partial charge < -0.3 is 10.0 Å². The molecule has 3 heteroatoms. The summed E-state index contributed by atoms with van der Waals surface area (Å²) in [6.07, 6.45) is 1.29. The zero-order chi connectivity index (χ0) is 13.5. The zero-order valence-corrected chi connectivity index (χ0v) is 12.0. The zero-order valence-electron chi connectivity index (χ0n) is 12.0. The Morgan fingerprint density at radius 3 is 2.79 bits per heavy atom. The van der Waals surface area contributed by atoms with Gasteiger partial charge in [-0.05, 0) is 31.0 Å². The number of nitrogens with zero attached hydrogens (tertiary/aromatic N) is 2. The summed E-state index contributed by atoms with van der Waals surface area (Å²) < 4.78 is 0. The fraction of sp³-hybridized carbons (Fsp3) is 0.625. The van der Waals surface area contributed by atoms with Crippen molar-refractivity contribution in [3.63, 3.8) is 0 Å². The van der Waals surface area contributed by atoms with Gasteiger partial charge in [-0.15, -0.1) is 0 Å². The Hall–Kier alpha value is -0.900. The lowest BCUT2D eigenvalue weighted by Crippen LogP contribution is -2.33. The van der Waals surface area contributed by atoms with Crippen LogP contribution < -0.4 is 0 Å². The van der Waals surface area contributed by atoms with Crippen molar-refractivity contribution in [2.24, 2.45) is 5.92 Å². The van der Waals surface area contributed by atoms with E-state index in [0.717, 1.165) is 32.1 Å². The molecule has 1 atom stereocenters. The normalized spacial score (nSPS) is 20.3. The van der Waals surface area contributed by atoms with E-state index < -0.39 is 0 Å². The van der Waals surface area contributed by atoms with Gasteiger partial charge in [-0.2, -0.15) is 0 Å². The highest BCUT2D eigenvalue weighted by Crippen LogP contribution is 2.19. The third-order valence-corrected chi connectivity index (χ3v) is 4.00. The maximum Gasteiger partial charge on any atom is 0.0558 e. The van der Waals surface area contributed by atoms with Gasteiger partial charge in [0, 0.05) is 26.2 Å². The van der Waals surface area contributed by atoms with E-state index in [-0.39, 0.29) is 6.61 Å². The van der Waals surface area contributed by atoms with Crippen LogP contribution in [-0.2, 0) is 6.54 Å². The van der Waals surface area contributed by atoms with Crippen molar-refractivity contribution in [1.29, 1.82) is 0 Å². The number of aliphatic hydroxyl groups is 1. The first kappa shape index (κ1) is 14.5. The SMILES string of the molecule is CCN(CCO)C[C@H]1CCN(Cc2ccccc2)C1. The smallest absolute Gasteiger partial charge is 0.0558 e. The molecule has 106 valence electrons. The molecule has 0 spiro atoms. The Balaban J connectivity index is 1.76. The molecule has 1 N–H and O–H groups in total. The second-order valence-corrected chi connectivity index (χ2v) is 5.49. The first-order chi connectivity index (χ1) is 9.31. The van der Waals surface area contributed by atoms with Crippen molar-refractivity contribution in [3.05, 3.63) is 35.9 Å². The monoisotopic (exact) mass is 262 g/mol. The van der Waals surface area contributed by atoms with Crippen LogP contribution in [0.15, 0.2) is 30.3 Å². The van der Waals surface area contributed by atoms with E-state index in [2.05, 4.69) is 47.1 Å². The minimum absolute atomic E-state index is 0.272. The average Bonchev–Trinajstić information content (AvgIpc) is 2.86. The lowest BCUT2D eigenvalue weighted by Gasteiger charge is -2.23. The summed E-state index contributed by atoms with van der Waals surface area (Å²) in [6, 6.07) is 10.7. The molecule has 1 heterocycles. The van der Waals surface area contributed by atoms with Crippen LogP contribution in [0.3, 0.4) is 0 Å². The fourth-order valence-corrected chi connectivity index (χ4v) is 2.93. The number of hydrogen-bond acceptors (Lipinski definition) is 3. The van der Waals surface area contributed by atoms with Gasteiger partial charge in [-0.3, -0.25) is 4.90 Å². The van der Waals surface area contributed by atoms with E-state index in [9.17, 15) is 0 Å². The van der Waals surface area contributed by atoms with Crippen molar-refractivity contribution < 1.29 is 5.11 Å². The van der Waals surface area contributed by atoms with E-state index in [1.807, 2.05) is 0 Å². The molecule has 3 nitrogen and oxygen atoms in total. The molecule has 1 saturated heterocycles. The highest BCUT2D eigenvalue weighted by Gasteiger charge is 2.23. The molecule has 0 amide bonds. The average molecular weight is 262 g/mol. The Bertz CT molecular complexity index is 355. The van der Waals surface area contributed by atoms with Gasteiger partial charge in [0.05, 0.1) is 6.61 Å². The van der Waals surface area contributed by atoms with Gasteiger partial charge in [0.25, 0.3) is 0 Å². The largest absolute Gasteiger partial charge is 0.395 e. The highest BCUT2D eigenvalue weighted by atomic mass is 16.3. The molecule has 1 aromatic carbocycles. The summed E-state index contributed by atoms with van der Waals surface area (Å²) in [7, 11) is 0. The van der Waals surface area contributed by atoms with Gasteiger partial charge >= 0.3 is 0 Å². The summed E-state index contributed by atoms with van der Waals surface area (Å²) in [5, 5.41) is 9.04. The number of hydrogen-bond donors (Lipinski definition) is 1. The van der Waals surface area contributed by atoms with Gasteiger partial charge in [0.2, 0.25) is 0 Å². The molecule has 0 saturated carbocycles. The number of likely N-dealkylation sites (N-methyl/N-ethyl adjacent to an activating group) is 1. The Morgan fingerprint density at radius 2 is 2.11 bits per heavy atom. The first-order valence-electron chi connectivity index (χ1n) is 7.41. The quantitative estimate of drug-likeness (QED) is 0.812. The summed E-state index contributed by atoms with van der Waals surface area (Å²) in [5.41, 5.74) is 1.41. The van der Waals surface area contributed by atoms with Crippen LogP contribution in [0.1, 0.15) is 18.9 Å². The van der Waals surface area contributed by atoms with E-state index in [1.54, 1.807) is 0 Å². The Morgan fingerprint density at radius 1 is 1.32 bits per heavy atom. The minimum atomic E-state index is 0.272. The Kier molecular flexibility index (Phi) is 5.83. The van der Waals surface area contributed by atoms with Crippen molar-refractivity contribution >= 4 is 0 Å². The van der Waals surface area contributed by atoms with Crippen LogP contribution in [0.4, 0.5) is 0 Å². The molecule has 0 aromatic heterocycles. The summed E-state index contributed by atoms with van der Waals surface area (Å²) in [5.74, 6) is 0.759. The predicted molar refractivity (Wildman–Crippen MR) is 79.0 cm³/mol. The third kappa shape index (κ3) is 4.60. The summed E-state index contributed by atoms with van der Waals surface area (Å²) in [4.78, 5) is 4.91. The van der Waals surface area contributed by atoms with Crippen LogP contribution in [0.5, 0.6) is 0 Å². The molecule has 0 radical (unpaired) electrons. The summed E-state index contributed by atoms with van der Waals surface area (Å²) in [6.45, 7) is 8.89. The topological polar surface area (TPSA) is 26.7 Å². The van der Waals surface area contributed by atoms with E-state index in [4.69, 9.17) is 5.11 Å². The van der Waals surface area contributed by atoms with Crippen LogP contribution >= 0.6 is 0 Å². The first-order valence-corrected chi connectivity index (χ1v) is 7.41. The van der Waals surface area contributed by atoms with Gasteiger partial charge in [-0.25, -0.2) is 0 Å². The third-order valence-electron chi connectivity index (χ3n) is 4.00. The second kappa shape index (κ2) is 7.63. The van der Waals surface area contributed by atoms with Crippen LogP contribution in [0.25, 0.3) is 0 Å². The highest BCUT2D eigenvalue weighted by molar-refractivity contribution is 5.14.